The van der Waals surface area contributed by atoms with E-state index >= 15 is 0 Å². The Labute approximate surface area is 131 Å². The zero-order chi connectivity index (χ0) is 15.3. The van der Waals surface area contributed by atoms with Crippen LogP contribution in [0.15, 0.2) is 22.7 Å². The largest absolute Gasteiger partial charge is 0.367 e. The van der Waals surface area contributed by atoms with Crippen LogP contribution < -0.4 is 4.90 Å². The molecule has 0 aliphatic heterocycles. The summed E-state index contributed by atoms with van der Waals surface area (Å²) in [6.07, 6.45) is 2.26. The van der Waals surface area contributed by atoms with Crippen molar-refractivity contribution in [3.63, 3.8) is 0 Å². The fourth-order valence-electron chi connectivity index (χ4n) is 2.53. The minimum absolute atomic E-state index is 0.107. The van der Waals surface area contributed by atoms with Crippen molar-refractivity contribution in [1.29, 1.82) is 0 Å². The average Bonchev–Trinajstić information content (AvgIpc) is 2.38. The summed E-state index contributed by atoms with van der Waals surface area (Å²) in [6.45, 7) is 11.6. The quantitative estimate of drug-likeness (QED) is 0.628. The average molecular weight is 340 g/mol. The Bertz CT molecular complexity index is 452. The predicted molar refractivity (Wildman–Crippen MR) is 90.7 cm³/mol. The van der Waals surface area contributed by atoms with Crippen molar-refractivity contribution in [2.75, 3.05) is 11.4 Å². The first-order valence-electron chi connectivity index (χ1n) is 7.47. The molecule has 0 unspecified atom stereocenters. The third-order valence-electron chi connectivity index (χ3n) is 3.61. The summed E-state index contributed by atoms with van der Waals surface area (Å²) in [5, 5.41) is 0. The number of nitrogens with zero attached hydrogens (tertiary/aromatic N) is 1. The maximum Gasteiger partial charge on any atom is 0.159 e. The SMILES string of the molecule is CCC(CC)N(CC(C)C)c1ccc(C(C)=O)cc1Br. The molecule has 0 saturated carbocycles. The highest BCUT2D eigenvalue weighted by molar-refractivity contribution is 9.10. The molecule has 0 atom stereocenters. The standard InChI is InChI=1S/C17H26BrNO/c1-6-15(7-2)19(11-12(3)4)17-9-8-14(13(5)20)10-16(17)18/h8-10,12,15H,6-7,11H2,1-5H3. The highest BCUT2D eigenvalue weighted by Gasteiger charge is 2.19. The van der Waals surface area contributed by atoms with Crippen molar-refractivity contribution in [2.24, 2.45) is 5.92 Å². The monoisotopic (exact) mass is 339 g/mol. The van der Waals surface area contributed by atoms with Gasteiger partial charge in [-0.1, -0.05) is 27.7 Å². The van der Waals surface area contributed by atoms with E-state index in [4.69, 9.17) is 0 Å². The number of Topliss-reactive ketones (excluding diaryl/α,β-unsaturated/α-hetero) is 1. The molecule has 1 aromatic rings. The van der Waals surface area contributed by atoms with E-state index in [-0.39, 0.29) is 5.78 Å². The summed E-state index contributed by atoms with van der Waals surface area (Å²) in [7, 11) is 0. The van der Waals surface area contributed by atoms with Crippen LogP contribution in [0.2, 0.25) is 0 Å². The van der Waals surface area contributed by atoms with E-state index in [0.717, 1.165) is 29.4 Å². The Balaban J connectivity index is 3.16. The van der Waals surface area contributed by atoms with Gasteiger partial charge in [0.1, 0.15) is 0 Å². The van der Waals surface area contributed by atoms with E-state index < -0.39 is 0 Å². The highest BCUT2D eigenvalue weighted by atomic mass is 79.9. The highest BCUT2D eigenvalue weighted by Crippen LogP contribution is 2.31. The van der Waals surface area contributed by atoms with Crippen molar-refractivity contribution in [3.05, 3.63) is 28.2 Å². The Hall–Kier alpha value is -0.830. The van der Waals surface area contributed by atoms with Gasteiger partial charge >= 0.3 is 0 Å². The summed E-state index contributed by atoms with van der Waals surface area (Å²) in [5.74, 6) is 0.713. The molecule has 112 valence electrons. The number of benzene rings is 1. The Morgan fingerprint density at radius 2 is 1.85 bits per heavy atom. The van der Waals surface area contributed by atoms with Crippen LogP contribution in [0, 0.1) is 5.92 Å². The van der Waals surface area contributed by atoms with Crippen LogP contribution in [-0.2, 0) is 0 Å². The van der Waals surface area contributed by atoms with Gasteiger partial charge in [0.05, 0.1) is 5.69 Å². The summed E-state index contributed by atoms with van der Waals surface area (Å²) < 4.78 is 1.01. The molecule has 3 heteroatoms. The number of ketones is 1. The Morgan fingerprint density at radius 3 is 2.25 bits per heavy atom. The first kappa shape index (κ1) is 17.2. The van der Waals surface area contributed by atoms with Crippen molar-refractivity contribution >= 4 is 27.4 Å². The second kappa shape index (κ2) is 7.82. The number of hydrogen-bond acceptors (Lipinski definition) is 2. The molecule has 2 nitrogen and oxygen atoms in total. The van der Waals surface area contributed by atoms with Gasteiger partial charge in [0, 0.05) is 22.6 Å². The minimum atomic E-state index is 0.107. The molecule has 1 aromatic carbocycles. The molecular weight excluding hydrogens is 314 g/mol. The van der Waals surface area contributed by atoms with Crippen molar-refractivity contribution < 1.29 is 4.79 Å². The maximum atomic E-state index is 11.5. The molecule has 1 rings (SSSR count). The third-order valence-corrected chi connectivity index (χ3v) is 4.24. The summed E-state index contributed by atoms with van der Waals surface area (Å²) in [4.78, 5) is 13.9. The smallest absolute Gasteiger partial charge is 0.159 e. The van der Waals surface area contributed by atoms with Crippen LogP contribution in [0.25, 0.3) is 0 Å². The second-order valence-corrected chi connectivity index (χ2v) is 6.59. The van der Waals surface area contributed by atoms with Gasteiger partial charge in [0.15, 0.2) is 5.78 Å². The lowest BCUT2D eigenvalue weighted by Gasteiger charge is -2.35. The molecule has 20 heavy (non-hydrogen) atoms. The number of anilines is 1. The fourth-order valence-corrected chi connectivity index (χ4v) is 3.13. The van der Waals surface area contributed by atoms with Crippen molar-refractivity contribution in [1.82, 2.24) is 0 Å². The lowest BCUT2D eigenvalue weighted by atomic mass is 10.0. The van der Waals surface area contributed by atoms with Crippen LogP contribution >= 0.6 is 15.9 Å². The van der Waals surface area contributed by atoms with Crippen LogP contribution in [0.3, 0.4) is 0 Å². The van der Waals surface area contributed by atoms with Gasteiger partial charge in [-0.2, -0.15) is 0 Å². The second-order valence-electron chi connectivity index (χ2n) is 5.74. The van der Waals surface area contributed by atoms with E-state index in [0.29, 0.717) is 12.0 Å². The Kier molecular flexibility index (Phi) is 6.74. The molecule has 0 saturated heterocycles. The zero-order valence-corrected chi connectivity index (χ0v) is 14.8. The van der Waals surface area contributed by atoms with Crippen molar-refractivity contribution in [3.8, 4) is 0 Å². The maximum absolute atomic E-state index is 11.5. The lowest BCUT2D eigenvalue weighted by molar-refractivity contribution is 0.101. The molecule has 0 aliphatic rings. The van der Waals surface area contributed by atoms with Crippen molar-refractivity contribution in [2.45, 2.75) is 53.5 Å². The van der Waals surface area contributed by atoms with E-state index in [9.17, 15) is 4.79 Å². The topological polar surface area (TPSA) is 20.3 Å². The van der Waals surface area contributed by atoms with Crippen LogP contribution in [0.4, 0.5) is 5.69 Å². The number of carbonyl (C=O) groups is 1. The van der Waals surface area contributed by atoms with Gasteiger partial charge in [-0.15, -0.1) is 0 Å². The van der Waals surface area contributed by atoms with Gasteiger partial charge < -0.3 is 4.90 Å². The number of halogens is 1. The molecule has 0 bridgehead atoms. The molecule has 0 aliphatic carbocycles. The molecule has 0 radical (unpaired) electrons. The van der Waals surface area contributed by atoms with Gasteiger partial charge in [0.2, 0.25) is 0 Å². The van der Waals surface area contributed by atoms with E-state index in [1.54, 1.807) is 6.92 Å². The molecular formula is C17H26BrNO. The molecule has 0 amide bonds. The van der Waals surface area contributed by atoms with E-state index in [1.807, 2.05) is 12.1 Å². The van der Waals surface area contributed by atoms with Crippen LogP contribution in [0.5, 0.6) is 0 Å². The number of rotatable bonds is 7. The van der Waals surface area contributed by atoms with Gasteiger partial charge in [0.25, 0.3) is 0 Å². The Morgan fingerprint density at radius 1 is 1.25 bits per heavy atom. The van der Waals surface area contributed by atoms with Gasteiger partial charge in [-0.25, -0.2) is 0 Å². The number of hydrogen-bond donors (Lipinski definition) is 0. The predicted octanol–water partition coefficient (Wildman–Crippen LogP) is 5.30. The third kappa shape index (κ3) is 4.34. The number of carbonyl (C=O) groups excluding carboxylic acids is 1. The first-order chi connectivity index (χ1) is 9.40. The normalized spacial score (nSPS) is 11.2. The summed E-state index contributed by atoms with van der Waals surface area (Å²) in [6, 6.07) is 6.48. The first-order valence-corrected chi connectivity index (χ1v) is 8.27. The van der Waals surface area contributed by atoms with E-state index in [1.165, 1.54) is 5.69 Å². The van der Waals surface area contributed by atoms with E-state index in [2.05, 4.69) is 54.6 Å². The molecule has 0 aromatic heterocycles. The van der Waals surface area contributed by atoms with Gasteiger partial charge in [-0.3, -0.25) is 4.79 Å². The summed E-state index contributed by atoms with van der Waals surface area (Å²) >= 11 is 3.64. The molecule has 0 fully saturated rings. The molecule has 0 spiro atoms. The lowest BCUT2D eigenvalue weighted by Crippen LogP contribution is -2.37. The fraction of sp³-hybridized carbons (Fsp3) is 0.588. The summed E-state index contributed by atoms with van der Waals surface area (Å²) in [5.41, 5.74) is 1.95. The van der Waals surface area contributed by atoms with Crippen LogP contribution in [0.1, 0.15) is 57.8 Å². The minimum Gasteiger partial charge on any atom is -0.367 e. The van der Waals surface area contributed by atoms with Crippen LogP contribution in [-0.4, -0.2) is 18.4 Å². The molecule has 0 N–H and O–H groups in total. The zero-order valence-electron chi connectivity index (χ0n) is 13.2. The molecule has 0 heterocycles. The van der Waals surface area contributed by atoms with Gasteiger partial charge in [-0.05, 0) is 59.8 Å².